The summed E-state index contributed by atoms with van der Waals surface area (Å²) in [7, 11) is 1.60. The largest absolute Gasteiger partial charge is 0.497 e. The fourth-order valence-electron chi connectivity index (χ4n) is 3.56. The van der Waals surface area contributed by atoms with E-state index in [0.717, 1.165) is 33.2 Å². The van der Waals surface area contributed by atoms with Crippen molar-refractivity contribution in [2.45, 2.75) is 20.3 Å². The monoisotopic (exact) mass is 375 g/mol. The Morgan fingerprint density at radius 1 is 1.07 bits per heavy atom. The first-order chi connectivity index (χ1) is 13.5. The van der Waals surface area contributed by atoms with Crippen molar-refractivity contribution in [2.75, 3.05) is 12.4 Å². The van der Waals surface area contributed by atoms with Crippen LogP contribution in [0, 0.1) is 6.92 Å². The van der Waals surface area contributed by atoms with Gasteiger partial charge in [-0.25, -0.2) is 0 Å². The Hall–Kier alpha value is -3.54. The number of H-pyrrole nitrogens is 2. The first-order valence-corrected chi connectivity index (χ1v) is 9.13. The van der Waals surface area contributed by atoms with Gasteiger partial charge in [0.25, 0.3) is 11.5 Å². The lowest BCUT2D eigenvalue weighted by Crippen LogP contribution is -2.15. The van der Waals surface area contributed by atoms with Crippen LogP contribution in [0.15, 0.2) is 47.3 Å². The minimum atomic E-state index is -0.251. The second-order valence-corrected chi connectivity index (χ2v) is 6.76. The van der Waals surface area contributed by atoms with Crippen molar-refractivity contribution < 1.29 is 9.53 Å². The molecule has 0 unspecified atom stereocenters. The van der Waals surface area contributed by atoms with E-state index in [1.165, 1.54) is 0 Å². The van der Waals surface area contributed by atoms with Crippen LogP contribution < -0.4 is 15.6 Å². The normalized spacial score (nSPS) is 11.1. The highest BCUT2D eigenvalue weighted by Crippen LogP contribution is 2.24. The summed E-state index contributed by atoms with van der Waals surface area (Å²) >= 11 is 0. The van der Waals surface area contributed by atoms with Gasteiger partial charge < -0.3 is 20.0 Å². The van der Waals surface area contributed by atoms with E-state index in [-0.39, 0.29) is 11.5 Å². The number of aromatic amines is 2. The zero-order valence-electron chi connectivity index (χ0n) is 16.0. The molecule has 4 rings (SSSR count). The molecule has 0 aliphatic heterocycles. The molecule has 2 aromatic heterocycles. The number of hydrogen-bond donors (Lipinski definition) is 3. The van der Waals surface area contributed by atoms with Gasteiger partial charge in [-0.1, -0.05) is 13.0 Å². The second kappa shape index (κ2) is 6.88. The fourth-order valence-corrected chi connectivity index (χ4v) is 3.56. The summed E-state index contributed by atoms with van der Waals surface area (Å²) in [6.45, 7) is 3.92. The van der Waals surface area contributed by atoms with Crippen molar-refractivity contribution in [3.8, 4) is 5.75 Å². The molecule has 0 radical (unpaired) electrons. The summed E-state index contributed by atoms with van der Waals surface area (Å²) in [6, 6.07) is 12.9. The Morgan fingerprint density at radius 3 is 2.64 bits per heavy atom. The number of methoxy groups -OCH3 is 1. The number of fused-ring (bicyclic) bond motifs is 2. The number of rotatable bonds is 4. The summed E-state index contributed by atoms with van der Waals surface area (Å²) in [5.41, 5.74) is 4.29. The molecule has 2 aromatic carbocycles. The van der Waals surface area contributed by atoms with Crippen LogP contribution in [-0.2, 0) is 6.42 Å². The minimum Gasteiger partial charge on any atom is -0.497 e. The summed E-state index contributed by atoms with van der Waals surface area (Å²) in [5, 5.41) is 4.79. The minimum absolute atomic E-state index is 0.0828. The Bertz CT molecular complexity index is 1270. The van der Waals surface area contributed by atoms with E-state index in [0.29, 0.717) is 23.3 Å². The molecule has 1 amide bonds. The van der Waals surface area contributed by atoms with Gasteiger partial charge in [0.1, 0.15) is 11.4 Å². The Labute approximate surface area is 161 Å². The third-order valence-electron chi connectivity index (χ3n) is 5.08. The number of benzene rings is 2. The molecule has 6 heteroatoms. The lowest BCUT2D eigenvalue weighted by Gasteiger charge is -2.09. The summed E-state index contributed by atoms with van der Waals surface area (Å²) in [4.78, 5) is 30.9. The van der Waals surface area contributed by atoms with Crippen molar-refractivity contribution in [2.24, 2.45) is 0 Å². The predicted molar refractivity (Wildman–Crippen MR) is 111 cm³/mol. The van der Waals surface area contributed by atoms with Gasteiger partial charge in [-0.15, -0.1) is 0 Å². The van der Waals surface area contributed by atoms with Gasteiger partial charge in [0.15, 0.2) is 0 Å². The molecule has 0 aliphatic rings. The first kappa shape index (κ1) is 17.9. The maximum absolute atomic E-state index is 12.7. The molecule has 28 heavy (non-hydrogen) atoms. The molecule has 0 bridgehead atoms. The number of carbonyl (C=O) groups excluding carboxylic acids is 1. The average Bonchev–Trinajstić information content (AvgIpc) is 3.11. The average molecular weight is 375 g/mol. The molecule has 0 atom stereocenters. The molecule has 2 heterocycles. The first-order valence-electron chi connectivity index (χ1n) is 9.13. The van der Waals surface area contributed by atoms with Gasteiger partial charge in [0.2, 0.25) is 0 Å². The number of carbonyl (C=O) groups is 1. The molecule has 0 saturated carbocycles. The van der Waals surface area contributed by atoms with Crippen molar-refractivity contribution in [3.05, 3.63) is 69.6 Å². The molecule has 6 nitrogen and oxygen atoms in total. The van der Waals surface area contributed by atoms with Gasteiger partial charge in [0, 0.05) is 33.6 Å². The van der Waals surface area contributed by atoms with Crippen LogP contribution in [0.5, 0.6) is 5.75 Å². The zero-order chi connectivity index (χ0) is 19.8. The highest BCUT2D eigenvalue weighted by molar-refractivity contribution is 6.06. The number of nitrogens with one attached hydrogen (secondary N) is 3. The van der Waals surface area contributed by atoms with E-state index in [9.17, 15) is 9.59 Å². The van der Waals surface area contributed by atoms with Crippen LogP contribution >= 0.6 is 0 Å². The molecule has 0 aliphatic carbocycles. The molecule has 0 fully saturated rings. The number of pyridine rings is 1. The number of aromatic nitrogens is 2. The lowest BCUT2D eigenvalue weighted by atomic mass is 10.0. The fraction of sp³-hybridized carbons (Fsp3) is 0.182. The smallest absolute Gasteiger partial charge is 0.272 e. The Morgan fingerprint density at radius 2 is 1.89 bits per heavy atom. The van der Waals surface area contributed by atoms with Crippen LogP contribution in [-0.4, -0.2) is 23.0 Å². The van der Waals surface area contributed by atoms with Crippen LogP contribution in [0.2, 0.25) is 0 Å². The van der Waals surface area contributed by atoms with Gasteiger partial charge in [-0.2, -0.15) is 0 Å². The van der Waals surface area contributed by atoms with Crippen molar-refractivity contribution in [1.29, 1.82) is 0 Å². The standard InChI is InChI=1S/C22H21N3O3/c1-4-16-12(2)17-8-6-14(10-19(17)25-21(16)26)23-22(27)20-9-13-5-7-15(28-3)11-18(13)24-20/h5-11,24H,4H2,1-3H3,(H,23,27)(H,25,26). The highest BCUT2D eigenvalue weighted by Gasteiger charge is 2.12. The van der Waals surface area contributed by atoms with Gasteiger partial charge >= 0.3 is 0 Å². The van der Waals surface area contributed by atoms with Crippen molar-refractivity contribution in [1.82, 2.24) is 9.97 Å². The Kier molecular flexibility index (Phi) is 4.39. The molecular weight excluding hydrogens is 354 g/mol. The summed E-state index contributed by atoms with van der Waals surface area (Å²) in [6.07, 6.45) is 0.681. The highest BCUT2D eigenvalue weighted by atomic mass is 16.5. The van der Waals surface area contributed by atoms with E-state index in [4.69, 9.17) is 4.74 Å². The SMILES string of the molecule is CCc1c(C)c2ccc(NC(=O)c3cc4ccc(OC)cc4[nH]3)cc2[nH]c1=O. The number of hydrogen-bond acceptors (Lipinski definition) is 3. The van der Waals surface area contributed by atoms with Crippen LogP contribution in [0.1, 0.15) is 28.5 Å². The quantitative estimate of drug-likeness (QED) is 0.501. The zero-order valence-corrected chi connectivity index (χ0v) is 16.0. The maximum atomic E-state index is 12.7. The van der Waals surface area contributed by atoms with Gasteiger partial charge in [-0.05, 0) is 49.2 Å². The van der Waals surface area contributed by atoms with Gasteiger partial charge in [0.05, 0.1) is 12.6 Å². The summed E-state index contributed by atoms with van der Waals surface area (Å²) in [5.74, 6) is 0.473. The topological polar surface area (TPSA) is 87.0 Å². The lowest BCUT2D eigenvalue weighted by molar-refractivity contribution is 0.102. The maximum Gasteiger partial charge on any atom is 0.272 e. The van der Waals surface area contributed by atoms with Crippen molar-refractivity contribution >= 4 is 33.4 Å². The number of aryl methyl sites for hydroxylation is 1. The molecule has 142 valence electrons. The van der Waals surface area contributed by atoms with E-state index >= 15 is 0 Å². The number of anilines is 1. The number of amides is 1. The second-order valence-electron chi connectivity index (χ2n) is 6.76. The third-order valence-corrected chi connectivity index (χ3v) is 5.08. The summed E-state index contributed by atoms with van der Waals surface area (Å²) < 4.78 is 5.21. The van der Waals surface area contributed by atoms with Crippen LogP contribution in [0.25, 0.3) is 21.8 Å². The molecule has 0 spiro atoms. The van der Waals surface area contributed by atoms with Gasteiger partial charge in [-0.3, -0.25) is 9.59 Å². The van der Waals surface area contributed by atoms with Crippen molar-refractivity contribution in [3.63, 3.8) is 0 Å². The molecule has 0 saturated heterocycles. The van der Waals surface area contributed by atoms with Crippen LogP contribution in [0.3, 0.4) is 0 Å². The van der Waals surface area contributed by atoms with Crippen LogP contribution in [0.4, 0.5) is 5.69 Å². The molecular formula is C22H21N3O3. The van der Waals surface area contributed by atoms with E-state index in [1.54, 1.807) is 19.2 Å². The Balaban J connectivity index is 1.66. The third kappa shape index (κ3) is 3.03. The van der Waals surface area contributed by atoms with E-state index in [2.05, 4.69) is 15.3 Å². The number of ether oxygens (including phenoxy) is 1. The van der Waals surface area contributed by atoms with E-state index in [1.807, 2.05) is 44.2 Å². The molecule has 4 aromatic rings. The molecule has 3 N–H and O–H groups in total. The van der Waals surface area contributed by atoms with E-state index < -0.39 is 0 Å². The predicted octanol–water partition coefficient (Wildman–Crippen LogP) is 4.14.